The van der Waals surface area contributed by atoms with Gasteiger partial charge < -0.3 is 5.11 Å². The Morgan fingerprint density at radius 3 is 2.73 bits per heavy atom. The highest BCUT2D eigenvalue weighted by Gasteiger charge is 2.11. The largest absolute Gasteiger partial charge is 0.478 e. The van der Waals surface area contributed by atoms with Gasteiger partial charge in [-0.2, -0.15) is 0 Å². The lowest BCUT2D eigenvalue weighted by atomic mass is 10.0. The maximum atomic E-state index is 11.0. The van der Waals surface area contributed by atoms with Gasteiger partial charge in [0, 0.05) is 10.4 Å². The minimum absolute atomic E-state index is 0.364. The van der Waals surface area contributed by atoms with E-state index < -0.39 is 5.97 Å². The molecule has 0 atom stereocenters. The Balaban J connectivity index is 2.63. The van der Waals surface area contributed by atoms with Crippen molar-refractivity contribution in [2.24, 2.45) is 0 Å². The molecule has 1 N–H and O–H groups in total. The normalized spacial score (nSPS) is 10.2. The summed E-state index contributed by atoms with van der Waals surface area (Å²) in [6.07, 6.45) is 0. The van der Waals surface area contributed by atoms with Crippen LogP contribution < -0.4 is 0 Å². The fourth-order valence-electron chi connectivity index (χ4n) is 1.48. The zero-order chi connectivity index (χ0) is 10.8. The van der Waals surface area contributed by atoms with Crippen LogP contribution in [0.3, 0.4) is 0 Å². The van der Waals surface area contributed by atoms with Crippen molar-refractivity contribution in [3.63, 3.8) is 0 Å². The highest BCUT2D eigenvalue weighted by molar-refractivity contribution is 7.13. The summed E-state index contributed by atoms with van der Waals surface area (Å²) in [6.45, 7) is 1.96. The summed E-state index contributed by atoms with van der Waals surface area (Å²) in [7, 11) is 0. The number of rotatable bonds is 2. The Bertz CT molecular complexity index is 486. The van der Waals surface area contributed by atoms with Gasteiger partial charge in [-0.25, -0.2) is 4.79 Å². The first kappa shape index (κ1) is 9.93. The summed E-state index contributed by atoms with van der Waals surface area (Å²) in [5.41, 5.74) is 2.24. The molecule has 2 aromatic rings. The molecule has 1 aromatic carbocycles. The van der Waals surface area contributed by atoms with Crippen molar-refractivity contribution >= 4 is 17.3 Å². The lowest BCUT2D eigenvalue weighted by Gasteiger charge is -2.04. The van der Waals surface area contributed by atoms with E-state index in [9.17, 15) is 4.79 Å². The van der Waals surface area contributed by atoms with E-state index in [-0.39, 0.29) is 0 Å². The number of aromatic carboxylic acids is 1. The van der Waals surface area contributed by atoms with Crippen LogP contribution in [0.5, 0.6) is 0 Å². The van der Waals surface area contributed by atoms with Gasteiger partial charge in [0.1, 0.15) is 0 Å². The van der Waals surface area contributed by atoms with Crippen LogP contribution in [0.4, 0.5) is 0 Å². The number of carboxylic acids is 1. The number of thiophene rings is 1. The van der Waals surface area contributed by atoms with Crippen LogP contribution in [0.1, 0.15) is 15.9 Å². The van der Waals surface area contributed by atoms with E-state index in [1.165, 1.54) is 0 Å². The first-order chi connectivity index (χ1) is 7.18. The van der Waals surface area contributed by atoms with Crippen molar-refractivity contribution in [3.05, 3.63) is 46.8 Å². The standard InChI is InChI=1S/C12H10O2S/c1-8-4-5-9(12(13)14)10(7-8)11-3-2-6-15-11/h2-7H,1H3,(H,13,14). The molecule has 0 fully saturated rings. The second kappa shape index (κ2) is 3.87. The van der Waals surface area contributed by atoms with Crippen LogP contribution in [-0.4, -0.2) is 11.1 Å². The zero-order valence-electron chi connectivity index (χ0n) is 8.23. The molecule has 0 spiro atoms. The second-order valence-electron chi connectivity index (χ2n) is 3.33. The Labute approximate surface area is 91.8 Å². The SMILES string of the molecule is Cc1ccc(C(=O)O)c(-c2cccs2)c1. The maximum absolute atomic E-state index is 11.0. The maximum Gasteiger partial charge on any atom is 0.336 e. The van der Waals surface area contributed by atoms with E-state index in [4.69, 9.17) is 5.11 Å². The molecule has 0 unspecified atom stereocenters. The summed E-state index contributed by atoms with van der Waals surface area (Å²) in [5, 5.41) is 11.0. The predicted molar refractivity (Wildman–Crippen MR) is 61.5 cm³/mol. The van der Waals surface area contributed by atoms with Crippen molar-refractivity contribution in [3.8, 4) is 10.4 Å². The molecular formula is C12H10O2S. The molecule has 76 valence electrons. The minimum Gasteiger partial charge on any atom is -0.478 e. The van der Waals surface area contributed by atoms with Gasteiger partial charge in [-0.15, -0.1) is 11.3 Å². The number of carboxylic acid groups (broad SMARTS) is 1. The van der Waals surface area contributed by atoms with E-state index in [0.717, 1.165) is 16.0 Å². The monoisotopic (exact) mass is 218 g/mol. The Morgan fingerprint density at radius 2 is 2.13 bits per heavy atom. The van der Waals surface area contributed by atoms with Gasteiger partial charge in [-0.1, -0.05) is 17.7 Å². The first-order valence-corrected chi connectivity index (χ1v) is 5.44. The van der Waals surface area contributed by atoms with Gasteiger partial charge in [-0.05, 0) is 30.5 Å². The third-order valence-corrected chi connectivity index (χ3v) is 3.10. The number of hydrogen-bond donors (Lipinski definition) is 1. The van der Waals surface area contributed by atoms with E-state index >= 15 is 0 Å². The topological polar surface area (TPSA) is 37.3 Å². The average molecular weight is 218 g/mol. The van der Waals surface area contributed by atoms with Crippen molar-refractivity contribution in [2.75, 3.05) is 0 Å². The third kappa shape index (κ3) is 1.92. The minimum atomic E-state index is -0.876. The van der Waals surface area contributed by atoms with Crippen molar-refractivity contribution in [1.29, 1.82) is 0 Å². The van der Waals surface area contributed by atoms with Crippen LogP contribution in [0.15, 0.2) is 35.7 Å². The summed E-state index contributed by atoms with van der Waals surface area (Å²) >= 11 is 1.55. The van der Waals surface area contributed by atoms with Crippen molar-refractivity contribution in [1.82, 2.24) is 0 Å². The molecule has 1 aromatic heterocycles. The van der Waals surface area contributed by atoms with E-state index in [1.807, 2.05) is 36.6 Å². The molecule has 0 saturated heterocycles. The molecule has 15 heavy (non-hydrogen) atoms. The molecule has 3 heteroatoms. The molecule has 0 aliphatic rings. The molecule has 2 nitrogen and oxygen atoms in total. The van der Waals surface area contributed by atoms with Crippen molar-refractivity contribution < 1.29 is 9.90 Å². The molecule has 2 rings (SSSR count). The van der Waals surface area contributed by atoms with E-state index in [0.29, 0.717) is 5.56 Å². The Kier molecular flexibility index (Phi) is 2.56. The van der Waals surface area contributed by atoms with Crippen LogP contribution in [0.25, 0.3) is 10.4 Å². The molecule has 0 saturated carbocycles. The van der Waals surface area contributed by atoms with Gasteiger partial charge in [-0.3, -0.25) is 0 Å². The molecule has 0 aliphatic heterocycles. The second-order valence-corrected chi connectivity index (χ2v) is 4.28. The van der Waals surface area contributed by atoms with E-state index in [1.54, 1.807) is 17.4 Å². The smallest absolute Gasteiger partial charge is 0.336 e. The highest BCUT2D eigenvalue weighted by Crippen LogP contribution is 2.28. The predicted octanol–water partition coefficient (Wildman–Crippen LogP) is 3.42. The van der Waals surface area contributed by atoms with Crippen LogP contribution >= 0.6 is 11.3 Å². The average Bonchev–Trinajstić information content (AvgIpc) is 2.69. The molecule has 0 aliphatic carbocycles. The summed E-state index contributed by atoms with van der Waals surface area (Å²) in [4.78, 5) is 12.0. The van der Waals surface area contributed by atoms with Gasteiger partial charge in [0.05, 0.1) is 5.56 Å². The summed E-state index contributed by atoms with van der Waals surface area (Å²) in [5.74, 6) is -0.876. The quantitative estimate of drug-likeness (QED) is 0.838. The van der Waals surface area contributed by atoms with Gasteiger partial charge in [0.2, 0.25) is 0 Å². The molecule has 1 heterocycles. The molecule has 0 radical (unpaired) electrons. The van der Waals surface area contributed by atoms with Gasteiger partial charge in [0.15, 0.2) is 0 Å². The highest BCUT2D eigenvalue weighted by atomic mass is 32.1. The Morgan fingerprint density at radius 1 is 1.33 bits per heavy atom. The first-order valence-electron chi connectivity index (χ1n) is 4.56. The summed E-state index contributed by atoms with van der Waals surface area (Å²) < 4.78 is 0. The lowest BCUT2D eigenvalue weighted by molar-refractivity contribution is 0.0698. The van der Waals surface area contributed by atoms with Crippen LogP contribution in [0.2, 0.25) is 0 Å². The molecule has 0 bridgehead atoms. The molecule has 0 amide bonds. The van der Waals surface area contributed by atoms with Gasteiger partial charge >= 0.3 is 5.97 Å². The summed E-state index contributed by atoms with van der Waals surface area (Å²) in [6, 6.07) is 9.25. The number of hydrogen-bond acceptors (Lipinski definition) is 2. The molecular weight excluding hydrogens is 208 g/mol. The Hall–Kier alpha value is -1.61. The number of carbonyl (C=O) groups is 1. The zero-order valence-corrected chi connectivity index (χ0v) is 9.04. The lowest BCUT2D eigenvalue weighted by Crippen LogP contribution is -1.98. The fourth-order valence-corrected chi connectivity index (χ4v) is 2.24. The fraction of sp³-hybridized carbons (Fsp3) is 0.0833. The van der Waals surface area contributed by atoms with Crippen LogP contribution in [-0.2, 0) is 0 Å². The number of benzene rings is 1. The third-order valence-electron chi connectivity index (χ3n) is 2.19. The van der Waals surface area contributed by atoms with Gasteiger partial charge in [0.25, 0.3) is 0 Å². The van der Waals surface area contributed by atoms with Crippen molar-refractivity contribution in [2.45, 2.75) is 6.92 Å². The number of aryl methyl sites for hydroxylation is 1. The van der Waals surface area contributed by atoms with E-state index in [2.05, 4.69) is 0 Å². The van der Waals surface area contributed by atoms with Crippen LogP contribution in [0, 0.1) is 6.92 Å².